The summed E-state index contributed by atoms with van der Waals surface area (Å²) in [6.07, 6.45) is -5.00. The average Bonchev–Trinajstić information content (AvgIpc) is 2.14. The van der Waals surface area contributed by atoms with Crippen molar-refractivity contribution in [2.45, 2.75) is 6.18 Å². The number of nitrogens with zero attached hydrogens (tertiary/aromatic N) is 1. The predicted octanol–water partition coefficient (Wildman–Crippen LogP) is 3.07. The molecule has 0 bridgehead atoms. The van der Waals surface area contributed by atoms with Gasteiger partial charge in [0.1, 0.15) is 11.1 Å². The molecule has 1 N–H and O–H groups in total. The van der Waals surface area contributed by atoms with Gasteiger partial charge in [-0.15, -0.1) is 0 Å². The van der Waals surface area contributed by atoms with Gasteiger partial charge in [-0.1, -0.05) is 15.9 Å². The van der Waals surface area contributed by atoms with Gasteiger partial charge in [-0.3, -0.25) is 10.1 Å². The van der Waals surface area contributed by atoms with Crippen LogP contribution < -0.4 is 0 Å². The van der Waals surface area contributed by atoms with Crippen molar-refractivity contribution in [1.82, 2.24) is 0 Å². The van der Waals surface area contributed by atoms with E-state index in [9.17, 15) is 28.1 Å². The van der Waals surface area contributed by atoms with E-state index < -0.39 is 33.9 Å². The van der Waals surface area contributed by atoms with E-state index in [1.165, 1.54) is 0 Å². The van der Waals surface area contributed by atoms with Crippen molar-refractivity contribution in [3.63, 3.8) is 0 Å². The van der Waals surface area contributed by atoms with Gasteiger partial charge in [-0.2, -0.15) is 13.2 Å². The first-order valence-corrected chi connectivity index (χ1v) is 4.72. The molecule has 0 saturated heterocycles. The second-order valence-electron chi connectivity index (χ2n) is 2.91. The Kier molecular flexibility index (Phi) is 3.41. The van der Waals surface area contributed by atoms with E-state index in [0.717, 1.165) is 6.07 Å². The van der Waals surface area contributed by atoms with Crippen LogP contribution in [0.3, 0.4) is 0 Å². The van der Waals surface area contributed by atoms with Crippen LogP contribution in [0.25, 0.3) is 0 Å². The first-order chi connectivity index (χ1) is 7.64. The Balaban J connectivity index is 3.70. The number of hydrogen-bond donors (Lipinski definition) is 1. The van der Waals surface area contributed by atoms with E-state index >= 15 is 0 Å². The maximum absolute atomic E-state index is 12.5. The molecule has 92 valence electrons. The average molecular weight is 314 g/mol. The molecule has 1 rings (SSSR count). The highest BCUT2D eigenvalue weighted by Gasteiger charge is 2.41. The van der Waals surface area contributed by atoms with Crippen molar-refractivity contribution in [1.29, 1.82) is 0 Å². The largest absolute Gasteiger partial charge is 0.477 e. The first-order valence-electron chi connectivity index (χ1n) is 3.93. The van der Waals surface area contributed by atoms with Gasteiger partial charge >= 0.3 is 12.1 Å². The van der Waals surface area contributed by atoms with Crippen molar-refractivity contribution in [3.05, 3.63) is 37.8 Å². The maximum Gasteiger partial charge on any atom is 0.423 e. The Bertz CT molecular complexity index is 500. The smallest absolute Gasteiger partial charge is 0.423 e. The zero-order chi connectivity index (χ0) is 13.4. The fraction of sp³-hybridized carbons (Fsp3) is 0.125. The molecule has 0 spiro atoms. The van der Waals surface area contributed by atoms with Gasteiger partial charge in [0.2, 0.25) is 0 Å². The zero-order valence-electron chi connectivity index (χ0n) is 7.79. The molecule has 0 aliphatic rings. The lowest BCUT2D eigenvalue weighted by Gasteiger charge is -2.09. The van der Waals surface area contributed by atoms with Gasteiger partial charge in [-0.25, -0.2) is 4.79 Å². The number of rotatable bonds is 2. The van der Waals surface area contributed by atoms with Crippen LogP contribution in [0.2, 0.25) is 0 Å². The van der Waals surface area contributed by atoms with Gasteiger partial charge in [0.05, 0.1) is 4.92 Å². The van der Waals surface area contributed by atoms with Crippen molar-refractivity contribution in [2.24, 2.45) is 0 Å². The molecule has 0 fully saturated rings. The van der Waals surface area contributed by atoms with Gasteiger partial charge in [0.15, 0.2) is 0 Å². The molecule has 0 aromatic heterocycles. The fourth-order valence-corrected chi connectivity index (χ4v) is 1.63. The molecular weight excluding hydrogens is 311 g/mol. The van der Waals surface area contributed by atoms with E-state index in [0.29, 0.717) is 6.07 Å². The molecule has 0 aliphatic carbocycles. The van der Waals surface area contributed by atoms with Crippen molar-refractivity contribution in [2.75, 3.05) is 0 Å². The van der Waals surface area contributed by atoms with Crippen LogP contribution in [0.5, 0.6) is 0 Å². The minimum atomic E-state index is -5.00. The van der Waals surface area contributed by atoms with Gasteiger partial charge in [-0.05, 0) is 12.1 Å². The highest BCUT2D eigenvalue weighted by molar-refractivity contribution is 9.10. The van der Waals surface area contributed by atoms with Crippen LogP contribution in [-0.4, -0.2) is 16.0 Å². The highest BCUT2D eigenvalue weighted by atomic mass is 79.9. The summed E-state index contributed by atoms with van der Waals surface area (Å²) in [5, 5.41) is 19.2. The van der Waals surface area contributed by atoms with Crippen LogP contribution >= 0.6 is 15.9 Å². The van der Waals surface area contributed by atoms with E-state index in [1.54, 1.807) is 0 Å². The molecular formula is C8H3BrF3NO4. The van der Waals surface area contributed by atoms with Crippen molar-refractivity contribution in [3.8, 4) is 0 Å². The monoisotopic (exact) mass is 313 g/mol. The minimum absolute atomic E-state index is 0.201. The third-order valence-electron chi connectivity index (χ3n) is 1.79. The molecule has 5 nitrogen and oxygen atoms in total. The SMILES string of the molecule is O=C(O)c1cc(Br)cc(C(F)(F)F)c1[N+](=O)[O-]. The van der Waals surface area contributed by atoms with Gasteiger partial charge < -0.3 is 5.11 Å². The number of benzene rings is 1. The molecule has 1 aromatic rings. The molecule has 0 amide bonds. The van der Waals surface area contributed by atoms with E-state index in [1.807, 2.05) is 0 Å². The number of carboxylic acid groups (broad SMARTS) is 1. The molecule has 0 saturated carbocycles. The standard InChI is InChI=1S/C8H3BrF3NO4/c9-3-1-4(7(14)15)6(13(16)17)5(2-3)8(10,11)12/h1-2H,(H,14,15). The zero-order valence-corrected chi connectivity index (χ0v) is 9.37. The third-order valence-corrected chi connectivity index (χ3v) is 2.25. The quantitative estimate of drug-likeness (QED) is 0.672. The Morgan fingerprint density at radius 2 is 1.94 bits per heavy atom. The lowest BCUT2D eigenvalue weighted by Crippen LogP contribution is -2.13. The number of carbonyl (C=O) groups is 1. The minimum Gasteiger partial charge on any atom is -0.477 e. The first kappa shape index (κ1) is 13.4. The topological polar surface area (TPSA) is 80.4 Å². The Morgan fingerprint density at radius 1 is 1.41 bits per heavy atom. The Morgan fingerprint density at radius 3 is 2.29 bits per heavy atom. The number of hydrogen-bond acceptors (Lipinski definition) is 3. The number of alkyl halides is 3. The molecule has 0 unspecified atom stereocenters. The number of carboxylic acids is 1. The van der Waals surface area contributed by atoms with Gasteiger partial charge in [0, 0.05) is 4.47 Å². The highest BCUT2D eigenvalue weighted by Crippen LogP contribution is 2.39. The molecule has 0 atom stereocenters. The molecule has 17 heavy (non-hydrogen) atoms. The molecule has 0 heterocycles. The summed E-state index contributed by atoms with van der Waals surface area (Å²) < 4.78 is 37.3. The molecule has 9 heteroatoms. The lowest BCUT2D eigenvalue weighted by molar-refractivity contribution is -0.388. The number of nitro benzene ring substituents is 1. The summed E-state index contributed by atoms with van der Waals surface area (Å²) >= 11 is 2.67. The second-order valence-corrected chi connectivity index (χ2v) is 3.83. The predicted molar refractivity (Wildman–Crippen MR) is 52.8 cm³/mol. The fourth-order valence-electron chi connectivity index (χ4n) is 1.18. The molecule has 0 radical (unpaired) electrons. The summed E-state index contributed by atoms with van der Waals surface area (Å²) in [5.41, 5.74) is -4.08. The summed E-state index contributed by atoms with van der Waals surface area (Å²) in [6.45, 7) is 0. The maximum atomic E-state index is 12.5. The van der Waals surface area contributed by atoms with Crippen LogP contribution in [0.1, 0.15) is 15.9 Å². The Labute approximate surface area is 100 Å². The summed E-state index contributed by atoms with van der Waals surface area (Å²) in [4.78, 5) is 19.8. The number of aromatic carboxylic acids is 1. The van der Waals surface area contributed by atoms with Crippen LogP contribution in [0.4, 0.5) is 18.9 Å². The molecule has 0 aliphatic heterocycles. The van der Waals surface area contributed by atoms with Gasteiger partial charge in [0.25, 0.3) is 5.69 Å². The van der Waals surface area contributed by atoms with Crippen LogP contribution in [0, 0.1) is 10.1 Å². The van der Waals surface area contributed by atoms with Crippen molar-refractivity contribution < 1.29 is 28.0 Å². The third kappa shape index (κ3) is 2.73. The Hall–Kier alpha value is -1.64. The van der Waals surface area contributed by atoms with Crippen LogP contribution in [0.15, 0.2) is 16.6 Å². The van der Waals surface area contributed by atoms with E-state index in [4.69, 9.17) is 5.11 Å². The normalized spacial score (nSPS) is 11.3. The van der Waals surface area contributed by atoms with E-state index in [-0.39, 0.29) is 4.47 Å². The van der Waals surface area contributed by atoms with Crippen LogP contribution in [-0.2, 0) is 6.18 Å². The second kappa shape index (κ2) is 4.32. The van der Waals surface area contributed by atoms with E-state index in [2.05, 4.69) is 15.9 Å². The summed E-state index contributed by atoms with van der Waals surface area (Å²) in [7, 11) is 0. The lowest BCUT2D eigenvalue weighted by atomic mass is 10.1. The number of halogens is 4. The number of nitro groups is 1. The van der Waals surface area contributed by atoms with Crippen molar-refractivity contribution >= 4 is 27.6 Å². The summed E-state index contributed by atoms with van der Waals surface area (Å²) in [5.74, 6) is -1.80. The summed E-state index contributed by atoms with van der Waals surface area (Å²) in [6, 6.07) is 1.21. The molecule has 1 aromatic carbocycles.